The number of hydrogen-bond acceptors (Lipinski definition) is 5. The smallest absolute Gasteiger partial charge is 0.244 e. The second-order valence-electron chi connectivity index (χ2n) is 4.26. The molecule has 19 heavy (non-hydrogen) atoms. The largest absolute Gasteiger partial charge is 0.420 e. The van der Waals surface area contributed by atoms with Crippen molar-refractivity contribution in [2.75, 3.05) is 0 Å². The Kier molecular flexibility index (Phi) is 2.76. The summed E-state index contributed by atoms with van der Waals surface area (Å²) in [5.41, 5.74) is 9.23. The Labute approximate surface area is 114 Å². The van der Waals surface area contributed by atoms with Crippen LogP contribution < -0.4 is 10.5 Å². The Morgan fingerprint density at radius 1 is 1.63 bits per heavy atom. The zero-order valence-corrected chi connectivity index (χ0v) is 11.1. The Morgan fingerprint density at radius 3 is 3.11 bits per heavy atom. The molecule has 2 aromatic heterocycles. The van der Waals surface area contributed by atoms with Gasteiger partial charge in [-0.05, 0) is 28.8 Å². The number of nitrogens with zero attached hydrogens (tertiary/aromatic N) is 2. The van der Waals surface area contributed by atoms with E-state index in [4.69, 9.17) is 10.5 Å². The van der Waals surface area contributed by atoms with Gasteiger partial charge in [-0.15, -0.1) is 5.10 Å². The minimum atomic E-state index is -0.186. The summed E-state index contributed by atoms with van der Waals surface area (Å²) in [7, 11) is 0. The minimum absolute atomic E-state index is 0.139. The number of allylic oxidation sites excluding steroid dienone is 1. The van der Waals surface area contributed by atoms with Crippen LogP contribution >= 0.6 is 11.3 Å². The van der Waals surface area contributed by atoms with E-state index < -0.39 is 0 Å². The van der Waals surface area contributed by atoms with Gasteiger partial charge in [0.05, 0.1) is 5.92 Å². The van der Waals surface area contributed by atoms with Crippen LogP contribution in [0, 0.1) is 11.3 Å². The van der Waals surface area contributed by atoms with E-state index >= 15 is 0 Å². The van der Waals surface area contributed by atoms with Gasteiger partial charge in [0.2, 0.25) is 11.8 Å². The number of hydrogen-bond donors (Lipinski definition) is 2. The van der Waals surface area contributed by atoms with E-state index in [1.54, 1.807) is 11.3 Å². The fourth-order valence-electron chi connectivity index (χ4n) is 2.35. The van der Waals surface area contributed by atoms with Crippen molar-refractivity contribution in [3.05, 3.63) is 45.1 Å². The quantitative estimate of drug-likeness (QED) is 0.877. The highest BCUT2D eigenvalue weighted by Gasteiger charge is 2.34. The summed E-state index contributed by atoms with van der Waals surface area (Å²) in [5, 5.41) is 20.5. The standard InChI is InChI=1S/C13H12N4OS/c1-2-9-11-10(7-3-4-19-6-7)8(5-14)12(15)18-13(11)17-16-9/h3-4,6,10H,2,15H2,1H3,(H,16,17)/t10-/m1/s1. The summed E-state index contributed by atoms with van der Waals surface area (Å²) in [5.74, 6) is 0.429. The van der Waals surface area contributed by atoms with Crippen molar-refractivity contribution in [3.63, 3.8) is 0 Å². The number of fused-ring (bicyclic) bond motifs is 1. The Morgan fingerprint density at radius 2 is 2.47 bits per heavy atom. The maximum Gasteiger partial charge on any atom is 0.244 e. The number of aromatic amines is 1. The molecule has 0 saturated heterocycles. The first-order valence-electron chi connectivity index (χ1n) is 5.93. The third-order valence-corrected chi connectivity index (χ3v) is 3.95. The van der Waals surface area contributed by atoms with Crippen LogP contribution in [0.2, 0.25) is 0 Å². The number of nitrogens with two attached hydrogens (primary N) is 1. The molecular formula is C13H12N4OS. The molecular weight excluding hydrogens is 260 g/mol. The van der Waals surface area contributed by atoms with Crippen molar-refractivity contribution in [2.45, 2.75) is 19.3 Å². The van der Waals surface area contributed by atoms with E-state index in [1.165, 1.54) is 0 Å². The molecule has 0 fully saturated rings. The summed E-state index contributed by atoms with van der Waals surface area (Å²) >= 11 is 1.59. The maximum absolute atomic E-state index is 9.36. The first-order chi connectivity index (χ1) is 9.26. The SMILES string of the molecule is CCc1[nH]nc2c1[C@H](c1ccsc1)C(C#N)=C(N)O2. The summed E-state index contributed by atoms with van der Waals surface area (Å²) in [4.78, 5) is 0. The van der Waals surface area contributed by atoms with Crippen LogP contribution in [0.4, 0.5) is 0 Å². The molecule has 0 bridgehead atoms. The molecule has 0 radical (unpaired) electrons. The summed E-state index contributed by atoms with van der Waals surface area (Å²) < 4.78 is 5.44. The average molecular weight is 272 g/mol. The first kappa shape index (κ1) is 11.8. The van der Waals surface area contributed by atoms with Crippen LogP contribution in [0.25, 0.3) is 0 Å². The number of rotatable bonds is 2. The van der Waals surface area contributed by atoms with Crippen LogP contribution in [0.5, 0.6) is 5.88 Å². The Bertz CT molecular complexity index is 678. The first-order valence-corrected chi connectivity index (χ1v) is 6.87. The lowest BCUT2D eigenvalue weighted by Crippen LogP contribution is -2.20. The van der Waals surface area contributed by atoms with Crippen molar-refractivity contribution in [1.82, 2.24) is 10.2 Å². The third kappa shape index (κ3) is 1.71. The molecule has 1 atom stereocenters. The summed E-state index contributed by atoms with van der Waals surface area (Å²) in [6.07, 6.45) is 0.797. The Balaban J connectivity index is 2.24. The van der Waals surface area contributed by atoms with Gasteiger partial charge in [-0.1, -0.05) is 6.92 Å². The molecule has 96 valence electrons. The highest BCUT2D eigenvalue weighted by molar-refractivity contribution is 7.08. The number of ether oxygens (including phenoxy) is 1. The molecule has 0 aliphatic carbocycles. The number of aromatic nitrogens is 2. The lowest BCUT2D eigenvalue weighted by molar-refractivity contribution is 0.379. The van der Waals surface area contributed by atoms with Gasteiger partial charge in [-0.25, -0.2) is 0 Å². The number of H-pyrrole nitrogens is 1. The summed E-state index contributed by atoms with van der Waals surface area (Å²) in [6, 6.07) is 4.17. The van der Waals surface area contributed by atoms with Crippen LogP contribution in [-0.2, 0) is 6.42 Å². The average Bonchev–Trinajstić information content (AvgIpc) is 3.05. The summed E-state index contributed by atoms with van der Waals surface area (Å²) in [6.45, 7) is 2.03. The van der Waals surface area contributed by atoms with E-state index in [1.807, 2.05) is 23.8 Å². The van der Waals surface area contributed by atoms with Crippen molar-refractivity contribution in [1.29, 1.82) is 5.26 Å². The van der Waals surface area contributed by atoms with Crippen LogP contribution in [0.3, 0.4) is 0 Å². The van der Waals surface area contributed by atoms with E-state index in [0.717, 1.165) is 23.2 Å². The van der Waals surface area contributed by atoms with Crippen molar-refractivity contribution in [3.8, 4) is 11.9 Å². The van der Waals surface area contributed by atoms with Crippen LogP contribution in [0.15, 0.2) is 28.3 Å². The third-order valence-electron chi connectivity index (χ3n) is 3.25. The number of nitrogens with one attached hydrogen (secondary N) is 1. The molecule has 5 nitrogen and oxygen atoms in total. The molecule has 3 N–H and O–H groups in total. The van der Waals surface area contributed by atoms with Crippen molar-refractivity contribution >= 4 is 11.3 Å². The number of nitriles is 1. The monoisotopic (exact) mass is 272 g/mol. The van der Waals surface area contributed by atoms with Crippen molar-refractivity contribution < 1.29 is 4.74 Å². The topological polar surface area (TPSA) is 87.7 Å². The van der Waals surface area contributed by atoms with Gasteiger partial charge in [-0.3, -0.25) is 5.10 Å². The fraction of sp³-hybridized carbons (Fsp3) is 0.231. The molecule has 6 heteroatoms. The normalized spacial score (nSPS) is 17.8. The zero-order valence-electron chi connectivity index (χ0n) is 10.3. The van der Waals surface area contributed by atoms with Crippen molar-refractivity contribution in [2.24, 2.45) is 5.73 Å². The van der Waals surface area contributed by atoms with Gasteiger partial charge in [0.25, 0.3) is 0 Å². The van der Waals surface area contributed by atoms with E-state index in [0.29, 0.717) is 11.5 Å². The molecule has 0 spiro atoms. The number of thiophene rings is 1. The molecule has 3 heterocycles. The van der Waals surface area contributed by atoms with Crippen LogP contribution in [-0.4, -0.2) is 10.2 Å². The van der Waals surface area contributed by atoms with Gasteiger partial charge >= 0.3 is 0 Å². The van der Waals surface area contributed by atoms with Gasteiger partial charge < -0.3 is 10.5 Å². The minimum Gasteiger partial charge on any atom is -0.420 e. The van der Waals surface area contributed by atoms with E-state index in [-0.39, 0.29) is 11.8 Å². The predicted molar refractivity (Wildman–Crippen MR) is 71.6 cm³/mol. The van der Waals surface area contributed by atoms with Gasteiger partial charge in [-0.2, -0.15) is 16.6 Å². The van der Waals surface area contributed by atoms with Crippen LogP contribution in [0.1, 0.15) is 29.7 Å². The molecule has 1 aliphatic rings. The lowest BCUT2D eigenvalue weighted by atomic mass is 9.85. The predicted octanol–water partition coefficient (Wildman–Crippen LogP) is 2.25. The highest BCUT2D eigenvalue weighted by atomic mass is 32.1. The highest BCUT2D eigenvalue weighted by Crippen LogP contribution is 2.43. The molecule has 3 rings (SSSR count). The van der Waals surface area contributed by atoms with E-state index in [9.17, 15) is 5.26 Å². The lowest BCUT2D eigenvalue weighted by Gasteiger charge is -2.22. The molecule has 1 aliphatic heterocycles. The zero-order chi connectivity index (χ0) is 13.4. The van der Waals surface area contributed by atoms with Gasteiger partial charge in [0.15, 0.2) is 0 Å². The molecule has 0 aromatic carbocycles. The Hall–Kier alpha value is -2.26. The van der Waals surface area contributed by atoms with Gasteiger partial charge in [0, 0.05) is 11.3 Å². The molecule has 0 amide bonds. The second kappa shape index (κ2) is 4.44. The number of aryl methyl sites for hydroxylation is 1. The second-order valence-corrected chi connectivity index (χ2v) is 5.04. The fourth-order valence-corrected chi connectivity index (χ4v) is 3.04. The maximum atomic E-state index is 9.36. The molecule has 2 aromatic rings. The molecule has 0 saturated carbocycles. The molecule has 0 unspecified atom stereocenters. The van der Waals surface area contributed by atoms with E-state index in [2.05, 4.69) is 16.3 Å². The van der Waals surface area contributed by atoms with Gasteiger partial charge in [0.1, 0.15) is 11.6 Å².